The Morgan fingerprint density at radius 3 is 2.20 bits per heavy atom. The predicted octanol–water partition coefficient (Wildman–Crippen LogP) is 1.02. The van der Waals surface area contributed by atoms with Gasteiger partial charge in [-0.15, -0.1) is 4.83 Å². The van der Waals surface area contributed by atoms with Crippen molar-refractivity contribution in [2.24, 2.45) is 0 Å². The van der Waals surface area contributed by atoms with Crippen LogP contribution in [-0.2, 0) is 10.0 Å². The van der Waals surface area contributed by atoms with E-state index in [9.17, 15) is 18.3 Å². The van der Waals surface area contributed by atoms with Gasteiger partial charge >= 0.3 is 0 Å². The van der Waals surface area contributed by atoms with Crippen molar-refractivity contribution in [2.45, 2.75) is 4.90 Å². The molecule has 2 rings (SSSR count). The van der Waals surface area contributed by atoms with Gasteiger partial charge in [0.2, 0.25) is 0 Å². The molecule has 0 aliphatic heterocycles. The van der Waals surface area contributed by atoms with E-state index in [1.54, 1.807) is 30.3 Å². The molecule has 2 aromatic carbocycles. The molecule has 0 spiro atoms. The summed E-state index contributed by atoms with van der Waals surface area (Å²) < 4.78 is 23.7. The molecule has 1 amide bonds. The summed E-state index contributed by atoms with van der Waals surface area (Å²) in [4.78, 5) is 13.7. The van der Waals surface area contributed by atoms with Gasteiger partial charge in [-0.3, -0.25) is 10.2 Å². The van der Waals surface area contributed by atoms with E-state index >= 15 is 0 Å². The van der Waals surface area contributed by atoms with Crippen molar-refractivity contribution >= 4 is 15.9 Å². The number of hydrogen-bond donors (Lipinski definition) is 3. The summed E-state index contributed by atoms with van der Waals surface area (Å²) in [6.45, 7) is 0. The second-order valence-electron chi connectivity index (χ2n) is 3.89. The first-order valence-electron chi connectivity index (χ1n) is 5.66. The van der Waals surface area contributed by atoms with Crippen LogP contribution < -0.4 is 10.3 Å². The van der Waals surface area contributed by atoms with Crippen molar-refractivity contribution in [3.8, 4) is 5.75 Å². The monoisotopic (exact) mass is 292 g/mol. The fourth-order valence-electron chi connectivity index (χ4n) is 1.51. The van der Waals surface area contributed by atoms with Crippen LogP contribution in [0.15, 0.2) is 59.5 Å². The third kappa shape index (κ3) is 3.14. The largest absolute Gasteiger partial charge is 0.507 e. The van der Waals surface area contributed by atoms with Gasteiger partial charge in [0.15, 0.2) is 0 Å². The molecule has 0 aliphatic carbocycles. The highest BCUT2D eigenvalue weighted by atomic mass is 32.2. The number of nitrogens with one attached hydrogen (secondary N) is 2. The van der Waals surface area contributed by atoms with Crippen LogP contribution in [0.5, 0.6) is 5.75 Å². The van der Waals surface area contributed by atoms with Crippen LogP contribution >= 0.6 is 0 Å². The number of carbonyl (C=O) groups excluding carboxylic acids is 1. The van der Waals surface area contributed by atoms with E-state index in [4.69, 9.17) is 0 Å². The Morgan fingerprint density at radius 1 is 0.950 bits per heavy atom. The lowest BCUT2D eigenvalue weighted by Gasteiger charge is -2.09. The number of para-hydroxylation sites is 1. The van der Waals surface area contributed by atoms with Gasteiger partial charge in [0.1, 0.15) is 5.75 Å². The van der Waals surface area contributed by atoms with Crippen molar-refractivity contribution in [1.82, 2.24) is 10.3 Å². The van der Waals surface area contributed by atoms with Gasteiger partial charge in [-0.25, -0.2) is 8.42 Å². The van der Waals surface area contributed by atoms with Gasteiger partial charge < -0.3 is 5.11 Å². The number of phenolic OH excluding ortho intramolecular Hbond substituents is 1. The van der Waals surface area contributed by atoms with E-state index in [1.807, 2.05) is 10.3 Å². The quantitative estimate of drug-likeness (QED) is 0.733. The number of hydrazine groups is 1. The molecule has 2 aromatic rings. The van der Waals surface area contributed by atoms with Gasteiger partial charge in [0.05, 0.1) is 10.5 Å². The predicted molar refractivity (Wildman–Crippen MR) is 72.3 cm³/mol. The van der Waals surface area contributed by atoms with Gasteiger partial charge in [-0.1, -0.05) is 30.3 Å². The summed E-state index contributed by atoms with van der Waals surface area (Å²) in [5.41, 5.74) is 2.02. The van der Waals surface area contributed by atoms with E-state index in [1.165, 1.54) is 24.3 Å². The van der Waals surface area contributed by atoms with Gasteiger partial charge in [0, 0.05) is 0 Å². The Morgan fingerprint density at radius 2 is 1.55 bits per heavy atom. The van der Waals surface area contributed by atoms with Crippen LogP contribution in [0.3, 0.4) is 0 Å². The lowest BCUT2D eigenvalue weighted by molar-refractivity contribution is 0.0942. The van der Waals surface area contributed by atoms with Crippen molar-refractivity contribution in [1.29, 1.82) is 0 Å². The number of sulfonamides is 1. The number of hydrogen-bond acceptors (Lipinski definition) is 4. The number of rotatable bonds is 4. The lowest BCUT2D eigenvalue weighted by Crippen LogP contribution is -2.41. The summed E-state index contributed by atoms with van der Waals surface area (Å²) in [6, 6.07) is 13.4. The molecule has 0 saturated heterocycles. The topological polar surface area (TPSA) is 95.5 Å². The smallest absolute Gasteiger partial charge is 0.269 e. The molecule has 0 saturated carbocycles. The first kappa shape index (κ1) is 14.0. The fraction of sp³-hybridized carbons (Fsp3) is 0. The Balaban J connectivity index is 2.10. The highest BCUT2D eigenvalue weighted by Gasteiger charge is 2.16. The zero-order valence-corrected chi connectivity index (χ0v) is 11.1. The minimum atomic E-state index is -3.84. The highest BCUT2D eigenvalue weighted by molar-refractivity contribution is 7.89. The minimum Gasteiger partial charge on any atom is -0.507 e. The molecule has 0 bridgehead atoms. The number of carbonyl (C=O) groups is 1. The van der Waals surface area contributed by atoms with Crippen LogP contribution in [0, 0.1) is 0 Å². The minimum absolute atomic E-state index is 0.0248. The van der Waals surface area contributed by atoms with E-state index in [0.717, 1.165) is 0 Å². The Labute approximate surface area is 116 Å². The molecular formula is C13H12N2O4S. The Kier molecular flexibility index (Phi) is 4.02. The number of amides is 1. The van der Waals surface area contributed by atoms with Crippen molar-refractivity contribution in [3.05, 3.63) is 60.2 Å². The fourth-order valence-corrected chi connectivity index (χ4v) is 2.37. The second-order valence-corrected chi connectivity index (χ2v) is 5.57. The van der Waals surface area contributed by atoms with E-state index < -0.39 is 15.9 Å². The van der Waals surface area contributed by atoms with Crippen LogP contribution in [0.2, 0.25) is 0 Å². The average Bonchev–Trinajstić information content (AvgIpc) is 2.46. The first-order chi connectivity index (χ1) is 9.50. The van der Waals surface area contributed by atoms with E-state index in [-0.39, 0.29) is 16.2 Å². The van der Waals surface area contributed by atoms with Crippen LogP contribution in [-0.4, -0.2) is 19.4 Å². The standard InChI is InChI=1S/C13H12N2O4S/c16-12-9-5-4-8-11(12)13(17)14-15-20(18,19)10-6-2-1-3-7-10/h1-9,15-16H,(H,14,17). The molecule has 0 aliphatic rings. The molecule has 0 heterocycles. The normalized spacial score (nSPS) is 11.0. The SMILES string of the molecule is O=C(NNS(=O)(=O)c1ccccc1)c1ccccc1O. The molecule has 0 atom stereocenters. The highest BCUT2D eigenvalue weighted by Crippen LogP contribution is 2.15. The third-order valence-corrected chi connectivity index (χ3v) is 3.76. The molecular weight excluding hydrogens is 280 g/mol. The Hall–Kier alpha value is -2.38. The zero-order valence-electron chi connectivity index (χ0n) is 10.3. The molecule has 0 fully saturated rings. The van der Waals surface area contributed by atoms with Crippen LogP contribution in [0.4, 0.5) is 0 Å². The number of aromatic hydroxyl groups is 1. The van der Waals surface area contributed by atoms with Gasteiger partial charge in [0.25, 0.3) is 15.9 Å². The van der Waals surface area contributed by atoms with Gasteiger partial charge in [-0.05, 0) is 24.3 Å². The van der Waals surface area contributed by atoms with E-state index in [0.29, 0.717) is 0 Å². The molecule has 7 heteroatoms. The third-order valence-electron chi connectivity index (χ3n) is 2.50. The molecule has 6 nitrogen and oxygen atoms in total. The van der Waals surface area contributed by atoms with E-state index in [2.05, 4.69) is 0 Å². The van der Waals surface area contributed by atoms with Gasteiger partial charge in [-0.2, -0.15) is 0 Å². The van der Waals surface area contributed by atoms with Crippen molar-refractivity contribution in [2.75, 3.05) is 0 Å². The molecule has 0 unspecified atom stereocenters. The molecule has 0 aromatic heterocycles. The van der Waals surface area contributed by atoms with Crippen LogP contribution in [0.1, 0.15) is 10.4 Å². The summed E-state index contributed by atoms with van der Waals surface area (Å²) in [5, 5.41) is 9.49. The average molecular weight is 292 g/mol. The first-order valence-corrected chi connectivity index (χ1v) is 7.14. The summed E-state index contributed by atoms with van der Waals surface area (Å²) in [5.74, 6) is -0.980. The van der Waals surface area contributed by atoms with Crippen molar-refractivity contribution < 1.29 is 18.3 Å². The molecule has 0 radical (unpaired) electrons. The maximum atomic E-state index is 11.9. The summed E-state index contributed by atoms with van der Waals surface area (Å²) in [6.07, 6.45) is 0. The summed E-state index contributed by atoms with van der Waals surface area (Å²) in [7, 11) is -3.84. The van der Waals surface area contributed by atoms with Crippen molar-refractivity contribution in [3.63, 3.8) is 0 Å². The number of benzene rings is 2. The molecule has 104 valence electrons. The Bertz CT molecular complexity index is 714. The molecule has 20 heavy (non-hydrogen) atoms. The molecule has 3 N–H and O–H groups in total. The van der Waals surface area contributed by atoms with Crippen LogP contribution in [0.25, 0.3) is 0 Å². The maximum Gasteiger partial charge on any atom is 0.269 e. The second kappa shape index (κ2) is 5.72. The number of phenols is 1. The zero-order chi connectivity index (χ0) is 14.6. The maximum absolute atomic E-state index is 11.9. The summed E-state index contributed by atoms with van der Waals surface area (Å²) >= 11 is 0. The lowest BCUT2D eigenvalue weighted by atomic mass is 10.2.